The molecular formula is C19H22ClFIN3O. The van der Waals surface area contributed by atoms with Crippen LogP contribution in [0, 0.1) is 5.82 Å². The van der Waals surface area contributed by atoms with Crippen LogP contribution in [0.2, 0.25) is 5.02 Å². The minimum atomic E-state index is -0.629. The van der Waals surface area contributed by atoms with Crippen LogP contribution in [0.1, 0.15) is 29.6 Å². The Balaban J connectivity index is 0.00000243. The van der Waals surface area contributed by atoms with Crippen molar-refractivity contribution in [2.24, 2.45) is 4.99 Å². The van der Waals surface area contributed by atoms with Gasteiger partial charge in [0, 0.05) is 36.1 Å². The van der Waals surface area contributed by atoms with Crippen LogP contribution in [-0.2, 0) is 0 Å². The van der Waals surface area contributed by atoms with E-state index < -0.39 is 6.10 Å². The van der Waals surface area contributed by atoms with Gasteiger partial charge in [0.2, 0.25) is 0 Å². The highest BCUT2D eigenvalue weighted by Crippen LogP contribution is 2.44. The molecule has 2 aromatic rings. The maximum Gasteiger partial charge on any atom is 0.191 e. The van der Waals surface area contributed by atoms with Crippen molar-refractivity contribution in [3.8, 4) is 0 Å². The third-order valence-corrected chi connectivity index (χ3v) is 4.68. The predicted molar refractivity (Wildman–Crippen MR) is 114 cm³/mol. The van der Waals surface area contributed by atoms with Crippen molar-refractivity contribution in [1.29, 1.82) is 0 Å². The largest absolute Gasteiger partial charge is 0.387 e. The van der Waals surface area contributed by atoms with E-state index in [9.17, 15) is 9.50 Å². The monoisotopic (exact) mass is 489 g/mol. The van der Waals surface area contributed by atoms with Crippen LogP contribution in [0.15, 0.2) is 53.5 Å². The smallest absolute Gasteiger partial charge is 0.191 e. The lowest BCUT2D eigenvalue weighted by Gasteiger charge is -2.16. The number of guanidine groups is 1. The van der Waals surface area contributed by atoms with Crippen LogP contribution < -0.4 is 10.6 Å². The summed E-state index contributed by atoms with van der Waals surface area (Å²) in [7, 11) is 1.66. The van der Waals surface area contributed by atoms with Gasteiger partial charge in [-0.2, -0.15) is 0 Å². The summed E-state index contributed by atoms with van der Waals surface area (Å²) in [5.41, 5.74) is 1.40. The zero-order valence-electron chi connectivity index (χ0n) is 14.3. The first-order valence-corrected chi connectivity index (χ1v) is 8.62. The normalized spacial score (nSPS) is 20.1. The molecule has 0 saturated heterocycles. The van der Waals surface area contributed by atoms with Gasteiger partial charge < -0.3 is 15.7 Å². The average molecular weight is 490 g/mol. The minimum absolute atomic E-state index is 0. The van der Waals surface area contributed by atoms with Crippen molar-refractivity contribution in [2.75, 3.05) is 13.6 Å². The average Bonchev–Trinajstić information content (AvgIpc) is 3.37. The molecular weight excluding hydrogens is 468 g/mol. The van der Waals surface area contributed by atoms with Crippen LogP contribution in [0.3, 0.4) is 0 Å². The van der Waals surface area contributed by atoms with Crippen LogP contribution >= 0.6 is 35.6 Å². The summed E-state index contributed by atoms with van der Waals surface area (Å²) in [6, 6.07) is 14.3. The fourth-order valence-electron chi connectivity index (χ4n) is 2.90. The third kappa shape index (κ3) is 5.08. The number of nitrogens with one attached hydrogen (secondary N) is 2. The third-order valence-electron chi connectivity index (χ3n) is 4.35. The number of halogens is 3. The molecule has 1 aliphatic rings. The summed E-state index contributed by atoms with van der Waals surface area (Å²) in [5.74, 6) is 0.338. The second-order valence-corrected chi connectivity index (χ2v) is 6.52. The molecule has 1 saturated carbocycles. The molecule has 3 atom stereocenters. The van der Waals surface area contributed by atoms with Crippen LogP contribution in [0.25, 0.3) is 0 Å². The standard InChI is InChI=1S/C19H21ClFN3O.HI/c1-22-19(23-11-17(25)12-6-3-2-4-7-12)24-16-10-13(16)18-14(20)8-5-9-15(18)21;/h2-9,13,16-17,25H,10-11H2,1H3,(H2,22,23,24);1H. The summed E-state index contributed by atoms with van der Waals surface area (Å²) >= 11 is 6.12. The van der Waals surface area contributed by atoms with E-state index >= 15 is 0 Å². The van der Waals surface area contributed by atoms with Gasteiger partial charge in [-0.15, -0.1) is 24.0 Å². The van der Waals surface area contributed by atoms with Crippen LogP contribution in [0.4, 0.5) is 4.39 Å². The van der Waals surface area contributed by atoms with Crippen molar-refractivity contribution in [3.63, 3.8) is 0 Å². The molecule has 140 valence electrons. The number of aliphatic hydroxyl groups is 1. The lowest BCUT2D eigenvalue weighted by Crippen LogP contribution is -2.40. The Morgan fingerprint density at radius 1 is 1.27 bits per heavy atom. The molecule has 1 aliphatic carbocycles. The predicted octanol–water partition coefficient (Wildman–Crippen LogP) is 3.85. The van der Waals surface area contributed by atoms with Crippen LogP contribution in [-0.4, -0.2) is 30.7 Å². The number of aliphatic imine (C=N–C) groups is 1. The van der Waals surface area contributed by atoms with Crippen molar-refractivity contribution in [3.05, 3.63) is 70.5 Å². The molecule has 0 aromatic heterocycles. The fraction of sp³-hybridized carbons (Fsp3) is 0.316. The van der Waals surface area contributed by atoms with Crippen molar-refractivity contribution < 1.29 is 9.50 Å². The van der Waals surface area contributed by atoms with Gasteiger partial charge in [-0.1, -0.05) is 48.0 Å². The van der Waals surface area contributed by atoms with Gasteiger partial charge in [0.25, 0.3) is 0 Å². The Morgan fingerprint density at radius 3 is 2.65 bits per heavy atom. The number of nitrogens with zero attached hydrogens (tertiary/aromatic N) is 1. The second kappa shape index (κ2) is 9.53. The van der Waals surface area contributed by atoms with Crippen molar-refractivity contribution in [2.45, 2.75) is 24.5 Å². The maximum absolute atomic E-state index is 14.0. The van der Waals surface area contributed by atoms with Crippen LogP contribution in [0.5, 0.6) is 0 Å². The molecule has 0 heterocycles. The number of hydrogen-bond donors (Lipinski definition) is 3. The Bertz CT molecular complexity index is 739. The minimum Gasteiger partial charge on any atom is -0.387 e. The highest BCUT2D eigenvalue weighted by molar-refractivity contribution is 14.0. The van der Waals surface area contributed by atoms with Gasteiger partial charge >= 0.3 is 0 Å². The molecule has 3 N–H and O–H groups in total. The Kier molecular flexibility index (Phi) is 7.67. The van der Waals surface area contributed by atoms with E-state index in [-0.39, 0.29) is 41.8 Å². The molecule has 26 heavy (non-hydrogen) atoms. The van der Waals surface area contributed by atoms with Gasteiger partial charge in [-0.3, -0.25) is 4.99 Å². The summed E-state index contributed by atoms with van der Waals surface area (Å²) in [5, 5.41) is 17.0. The maximum atomic E-state index is 14.0. The van der Waals surface area contributed by atoms with Crippen molar-refractivity contribution in [1.82, 2.24) is 10.6 Å². The lowest BCUT2D eigenvalue weighted by molar-refractivity contribution is 0.181. The van der Waals surface area contributed by atoms with E-state index in [2.05, 4.69) is 15.6 Å². The van der Waals surface area contributed by atoms with E-state index in [1.54, 1.807) is 19.2 Å². The topological polar surface area (TPSA) is 56.7 Å². The Morgan fingerprint density at radius 2 is 2.00 bits per heavy atom. The fourth-order valence-corrected chi connectivity index (χ4v) is 3.20. The molecule has 0 spiro atoms. The van der Waals surface area contributed by atoms with Gasteiger partial charge in [0.15, 0.2) is 5.96 Å². The highest BCUT2D eigenvalue weighted by atomic mass is 127. The van der Waals surface area contributed by atoms with Crippen molar-refractivity contribution >= 4 is 41.5 Å². The van der Waals surface area contributed by atoms with Gasteiger partial charge in [0.05, 0.1) is 6.10 Å². The number of aliphatic hydroxyl groups excluding tert-OH is 1. The molecule has 4 nitrogen and oxygen atoms in total. The van der Waals surface area contributed by atoms with E-state index in [0.717, 1.165) is 12.0 Å². The molecule has 7 heteroatoms. The number of benzene rings is 2. The van der Waals surface area contributed by atoms with E-state index in [1.807, 2.05) is 30.3 Å². The first kappa shape index (κ1) is 20.9. The molecule has 3 unspecified atom stereocenters. The zero-order chi connectivity index (χ0) is 17.8. The van der Waals surface area contributed by atoms with Gasteiger partial charge in [-0.25, -0.2) is 4.39 Å². The number of hydrogen-bond acceptors (Lipinski definition) is 2. The molecule has 2 aromatic carbocycles. The molecule has 3 rings (SSSR count). The quantitative estimate of drug-likeness (QED) is 0.340. The molecule has 0 bridgehead atoms. The molecule has 0 radical (unpaired) electrons. The van der Waals surface area contributed by atoms with Gasteiger partial charge in [-0.05, 0) is 24.1 Å². The zero-order valence-corrected chi connectivity index (χ0v) is 17.4. The molecule has 0 aliphatic heterocycles. The summed E-state index contributed by atoms with van der Waals surface area (Å²) in [4.78, 5) is 4.16. The highest BCUT2D eigenvalue weighted by Gasteiger charge is 2.41. The first-order chi connectivity index (χ1) is 12.1. The molecule has 1 fully saturated rings. The van der Waals surface area contributed by atoms with E-state index in [1.165, 1.54) is 6.07 Å². The van der Waals surface area contributed by atoms with E-state index in [0.29, 0.717) is 23.1 Å². The Labute approximate surface area is 174 Å². The molecule has 0 amide bonds. The summed E-state index contributed by atoms with van der Waals surface area (Å²) in [6.45, 7) is 0.335. The number of rotatable bonds is 5. The summed E-state index contributed by atoms with van der Waals surface area (Å²) < 4.78 is 14.0. The van der Waals surface area contributed by atoms with Gasteiger partial charge in [0.1, 0.15) is 5.82 Å². The lowest BCUT2D eigenvalue weighted by atomic mass is 10.1. The van der Waals surface area contributed by atoms with E-state index in [4.69, 9.17) is 11.6 Å². The SMILES string of the molecule is CN=C(NCC(O)c1ccccc1)NC1CC1c1c(F)cccc1Cl.I. The summed E-state index contributed by atoms with van der Waals surface area (Å²) in [6.07, 6.45) is 0.165. The second-order valence-electron chi connectivity index (χ2n) is 6.11. The Hall–Kier alpha value is -1.38. The first-order valence-electron chi connectivity index (χ1n) is 8.24.